The Morgan fingerprint density at radius 3 is 1.93 bits per heavy atom. The van der Waals surface area contributed by atoms with Crippen LogP contribution in [0, 0.1) is 0 Å². The van der Waals surface area contributed by atoms with Crippen LogP contribution in [-0.2, 0) is 18.4 Å². The maximum Gasteiger partial charge on any atom is 0.338 e. The minimum atomic E-state index is -2.62. The van der Waals surface area contributed by atoms with Crippen molar-refractivity contribution in [3.05, 3.63) is 12.2 Å². The molecule has 1 atom stereocenters. The molecule has 1 unspecified atom stereocenters. The van der Waals surface area contributed by atoms with Crippen molar-refractivity contribution in [3.63, 3.8) is 0 Å². The average molecular weight is 405 g/mol. The molecule has 2 N–H and O–H groups in total. The van der Waals surface area contributed by atoms with E-state index in [-0.39, 0.29) is 18.5 Å². The molecule has 0 fully saturated rings. The van der Waals surface area contributed by atoms with Crippen LogP contribution in [0.15, 0.2) is 12.2 Å². The molecule has 0 aliphatic heterocycles. The SMILES string of the molecule is C=C(C)C(=O)OC(CC)CC[Si](CCC(O)O)(OCCCC)OCCCC. The molecule has 160 valence electrons. The molecule has 0 aromatic carbocycles. The second-order valence-corrected chi connectivity index (χ2v) is 10.5. The largest absolute Gasteiger partial charge is 0.459 e. The van der Waals surface area contributed by atoms with Crippen molar-refractivity contribution in [1.82, 2.24) is 0 Å². The second kappa shape index (κ2) is 15.2. The highest BCUT2D eigenvalue weighted by Gasteiger charge is 2.38. The Hall–Kier alpha value is -0.733. The minimum Gasteiger partial charge on any atom is -0.459 e. The van der Waals surface area contributed by atoms with Crippen LogP contribution in [0.4, 0.5) is 0 Å². The smallest absolute Gasteiger partial charge is 0.338 e. The molecular weight excluding hydrogens is 364 g/mol. The summed E-state index contributed by atoms with van der Waals surface area (Å²) >= 11 is 0. The van der Waals surface area contributed by atoms with E-state index in [9.17, 15) is 15.0 Å². The first-order valence-electron chi connectivity index (χ1n) is 10.3. The molecule has 0 aliphatic carbocycles. The molecular formula is C20H40O6Si. The summed E-state index contributed by atoms with van der Waals surface area (Å²) < 4.78 is 18.0. The summed E-state index contributed by atoms with van der Waals surface area (Å²) in [6.07, 6.45) is 3.91. The van der Waals surface area contributed by atoms with E-state index in [1.165, 1.54) is 0 Å². The quantitative estimate of drug-likeness (QED) is 0.125. The normalized spacial score (nSPS) is 13.0. The van der Waals surface area contributed by atoms with E-state index >= 15 is 0 Å². The molecule has 0 saturated carbocycles. The van der Waals surface area contributed by atoms with Gasteiger partial charge in [-0.05, 0) is 51.1 Å². The van der Waals surface area contributed by atoms with E-state index in [1.807, 2.05) is 6.92 Å². The van der Waals surface area contributed by atoms with Crippen molar-refractivity contribution in [1.29, 1.82) is 0 Å². The monoisotopic (exact) mass is 404 g/mol. The van der Waals surface area contributed by atoms with E-state index in [2.05, 4.69) is 20.4 Å². The molecule has 0 amide bonds. The van der Waals surface area contributed by atoms with Crippen LogP contribution in [0.3, 0.4) is 0 Å². The number of aliphatic hydroxyl groups is 2. The number of carbonyl (C=O) groups excluding carboxylic acids is 1. The van der Waals surface area contributed by atoms with Gasteiger partial charge < -0.3 is 23.8 Å². The molecule has 0 radical (unpaired) electrons. The van der Waals surface area contributed by atoms with Crippen molar-refractivity contribution in [3.8, 4) is 0 Å². The third kappa shape index (κ3) is 12.4. The number of rotatable bonds is 17. The Bertz CT molecular complexity index is 403. The third-order valence-electron chi connectivity index (χ3n) is 4.43. The molecule has 0 spiro atoms. The molecule has 0 aromatic rings. The number of hydrogen-bond donors (Lipinski definition) is 2. The minimum absolute atomic E-state index is 0.218. The van der Waals surface area contributed by atoms with Crippen LogP contribution in [0.1, 0.15) is 72.6 Å². The number of aliphatic hydroxyl groups excluding tert-OH is 1. The van der Waals surface area contributed by atoms with Crippen LogP contribution in [-0.4, -0.2) is 50.4 Å². The highest BCUT2D eigenvalue weighted by atomic mass is 28.4. The lowest BCUT2D eigenvalue weighted by Crippen LogP contribution is -2.44. The van der Waals surface area contributed by atoms with Gasteiger partial charge in [-0.2, -0.15) is 0 Å². The van der Waals surface area contributed by atoms with Gasteiger partial charge in [0, 0.05) is 18.8 Å². The number of ether oxygens (including phenoxy) is 1. The summed E-state index contributed by atoms with van der Waals surface area (Å²) in [6, 6.07) is 1.18. The Morgan fingerprint density at radius 1 is 1.00 bits per heavy atom. The highest BCUT2D eigenvalue weighted by Crippen LogP contribution is 2.27. The summed E-state index contributed by atoms with van der Waals surface area (Å²) in [5.41, 5.74) is 0.388. The molecule has 0 saturated heterocycles. The van der Waals surface area contributed by atoms with Gasteiger partial charge in [-0.25, -0.2) is 4.79 Å². The zero-order valence-electron chi connectivity index (χ0n) is 17.7. The summed E-state index contributed by atoms with van der Waals surface area (Å²) in [5.74, 6) is -0.376. The predicted octanol–water partition coefficient (Wildman–Crippen LogP) is 4.05. The molecule has 0 heterocycles. The molecule has 0 aliphatic rings. The third-order valence-corrected chi connectivity index (χ3v) is 8.00. The number of unbranched alkanes of at least 4 members (excludes halogenated alkanes) is 2. The highest BCUT2D eigenvalue weighted by molar-refractivity contribution is 6.67. The van der Waals surface area contributed by atoms with Crippen LogP contribution in [0.5, 0.6) is 0 Å². The van der Waals surface area contributed by atoms with E-state index in [0.717, 1.165) is 25.7 Å². The Labute approximate surface area is 166 Å². The van der Waals surface area contributed by atoms with Crippen LogP contribution in [0.2, 0.25) is 12.1 Å². The second-order valence-electron chi connectivity index (χ2n) is 7.09. The zero-order chi connectivity index (χ0) is 20.7. The molecule has 0 aromatic heterocycles. The Kier molecular flexibility index (Phi) is 14.8. The van der Waals surface area contributed by atoms with Gasteiger partial charge in [-0.15, -0.1) is 0 Å². The molecule has 0 bridgehead atoms. The summed E-state index contributed by atoms with van der Waals surface area (Å²) in [6.45, 7) is 12.7. The first-order valence-corrected chi connectivity index (χ1v) is 12.5. The van der Waals surface area contributed by atoms with Crippen molar-refractivity contribution in [2.45, 2.75) is 97.1 Å². The molecule has 6 nitrogen and oxygen atoms in total. The maximum absolute atomic E-state index is 11.8. The molecule has 7 heteroatoms. The number of hydrogen-bond acceptors (Lipinski definition) is 6. The lowest BCUT2D eigenvalue weighted by molar-refractivity contribution is -0.144. The van der Waals surface area contributed by atoms with E-state index in [0.29, 0.717) is 43.7 Å². The van der Waals surface area contributed by atoms with Crippen molar-refractivity contribution < 1.29 is 28.6 Å². The van der Waals surface area contributed by atoms with Gasteiger partial charge in [-0.3, -0.25) is 0 Å². The topological polar surface area (TPSA) is 85.2 Å². The fraction of sp³-hybridized carbons (Fsp3) is 0.850. The van der Waals surface area contributed by atoms with Gasteiger partial charge in [-0.1, -0.05) is 40.2 Å². The van der Waals surface area contributed by atoms with Crippen LogP contribution < -0.4 is 0 Å². The van der Waals surface area contributed by atoms with Crippen LogP contribution >= 0.6 is 0 Å². The van der Waals surface area contributed by atoms with E-state index < -0.39 is 14.9 Å². The van der Waals surface area contributed by atoms with E-state index in [1.54, 1.807) is 6.92 Å². The maximum atomic E-state index is 11.8. The number of esters is 1. The number of carbonyl (C=O) groups is 1. The zero-order valence-corrected chi connectivity index (χ0v) is 18.7. The van der Waals surface area contributed by atoms with E-state index in [4.69, 9.17) is 13.6 Å². The molecule has 0 rings (SSSR count). The predicted molar refractivity (Wildman–Crippen MR) is 110 cm³/mol. The fourth-order valence-corrected chi connectivity index (χ4v) is 5.99. The Morgan fingerprint density at radius 2 is 1.52 bits per heavy atom. The summed E-state index contributed by atoms with van der Waals surface area (Å²) in [7, 11) is -2.62. The van der Waals surface area contributed by atoms with Gasteiger partial charge in [0.2, 0.25) is 0 Å². The van der Waals surface area contributed by atoms with Gasteiger partial charge in [0.25, 0.3) is 0 Å². The first kappa shape index (κ1) is 26.3. The summed E-state index contributed by atoms with van der Waals surface area (Å²) in [4.78, 5) is 11.8. The molecule has 27 heavy (non-hydrogen) atoms. The van der Waals surface area contributed by atoms with Gasteiger partial charge >= 0.3 is 14.5 Å². The lowest BCUT2D eigenvalue weighted by atomic mass is 10.2. The standard InChI is InChI=1S/C20H40O6Si/c1-6-9-13-24-27(16-12-19(21)22,25-14-10-7-2)15-11-18(8-3)26-20(23)17(4)5/h18-19,21-22H,4,6-16H2,1-3,5H3. The van der Waals surface area contributed by atoms with Crippen molar-refractivity contribution in [2.75, 3.05) is 13.2 Å². The van der Waals surface area contributed by atoms with Gasteiger partial charge in [0.05, 0.1) is 0 Å². The van der Waals surface area contributed by atoms with Gasteiger partial charge in [0.1, 0.15) is 6.10 Å². The lowest BCUT2D eigenvalue weighted by Gasteiger charge is -2.32. The van der Waals surface area contributed by atoms with Crippen molar-refractivity contribution in [2.24, 2.45) is 0 Å². The van der Waals surface area contributed by atoms with Crippen molar-refractivity contribution >= 4 is 14.5 Å². The van der Waals surface area contributed by atoms with Crippen LogP contribution in [0.25, 0.3) is 0 Å². The summed E-state index contributed by atoms with van der Waals surface area (Å²) in [5, 5.41) is 18.7. The fourth-order valence-electron chi connectivity index (χ4n) is 2.59. The average Bonchev–Trinajstić information content (AvgIpc) is 2.63. The first-order chi connectivity index (χ1) is 12.8. The Balaban J connectivity index is 5.10. The van der Waals surface area contributed by atoms with Gasteiger partial charge in [0.15, 0.2) is 6.29 Å².